The summed E-state index contributed by atoms with van der Waals surface area (Å²) in [5.41, 5.74) is 0.992. The van der Waals surface area contributed by atoms with E-state index in [9.17, 15) is 4.79 Å². The van der Waals surface area contributed by atoms with Crippen LogP contribution in [0.5, 0.6) is 5.88 Å². The number of carbonyl (C=O) groups is 1. The number of hydrogen-bond donors (Lipinski definition) is 0. The highest BCUT2D eigenvalue weighted by molar-refractivity contribution is 7.20. The molecule has 130 valence electrons. The third-order valence-corrected chi connectivity index (χ3v) is 5.22. The minimum atomic E-state index is -0.217. The average Bonchev–Trinajstić information content (AvgIpc) is 3.12. The van der Waals surface area contributed by atoms with Crippen molar-refractivity contribution in [3.63, 3.8) is 0 Å². The van der Waals surface area contributed by atoms with Crippen LogP contribution in [0.15, 0.2) is 36.7 Å². The van der Waals surface area contributed by atoms with Crippen LogP contribution in [0.25, 0.3) is 10.2 Å². The number of para-hydroxylation sites is 1. The summed E-state index contributed by atoms with van der Waals surface area (Å²) in [4.78, 5) is 27.1. The molecule has 3 aromatic rings. The van der Waals surface area contributed by atoms with Crippen molar-refractivity contribution in [1.29, 1.82) is 5.26 Å². The molecule has 0 radical (unpaired) electrons. The van der Waals surface area contributed by atoms with E-state index in [1.54, 1.807) is 4.90 Å². The molecule has 0 bridgehead atoms. The number of amides is 1. The molecule has 1 amide bonds. The Bertz CT molecular complexity index is 963. The summed E-state index contributed by atoms with van der Waals surface area (Å²) in [6, 6.07) is 9.69. The number of ether oxygens (including phenoxy) is 1. The number of aromatic nitrogens is 3. The second kappa shape index (κ2) is 7.06. The second-order valence-corrected chi connectivity index (χ2v) is 6.97. The Hall–Kier alpha value is -3.05. The quantitative estimate of drug-likeness (QED) is 0.708. The van der Waals surface area contributed by atoms with Gasteiger partial charge in [-0.05, 0) is 25.0 Å². The number of piperidine rings is 1. The molecular formula is C18H15N5O2S. The van der Waals surface area contributed by atoms with Crippen molar-refractivity contribution in [2.24, 2.45) is 0 Å². The Balaban J connectivity index is 1.49. The topological polar surface area (TPSA) is 92.0 Å². The molecule has 26 heavy (non-hydrogen) atoms. The van der Waals surface area contributed by atoms with Crippen LogP contribution in [0, 0.1) is 11.3 Å². The van der Waals surface area contributed by atoms with E-state index >= 15 is 0 Å². The molecule has 1 aliphatic rings. The van der Waals surface area contributed by atoms with Gasteiger partial charge >= 0.3 is 0 Å². The van der Waals surface area contributed by atoms with Crippen molar-refractivity contribution in [3.8, 4) is 11.9 Å². The van der Waals surface area contributed by atoms with Gasteiger partial charge in [0, 0.05) is 18.9 Å². The first-order valence-electron chi connectivity index (χ1n) is 8.27. The Morgan fingerprint density at radius 1 is 1.31 bits per heavy atom. The van der Waals surface area contributed by atoms with Crippen molar-refractivity contribution in [2.75, 3.05) is 13.1 Å². The van der Waals surface area contributed by atoms with Gasteiger partial charge in [0.05, 0.1) is 16.8 Å². The summed E-state index contributed by atoms with van der Waals surface area (Å²) in [7, 11) is 0. The van der Waals surface area contributed by atoms with Gasteiger partial charge in [-0.2, -0.15) is 5.26 Å². The van der Waals surface area contributed by atoms with E-state index in [-0.39, 0.29) is 23.6 Å². The summed E-state index contributed by atoms with van der Waals surface area (Å²) in [6.45, 7) is 1.11. The highest BCUT2D eigenvalue weighted by Gasteiger charge is 2.28. The van der Waals surface area contributed by atoms with Crippen LogP contribution in [-0.2, 0) is 0 Å². The van der Waals surface area contributed by atoms with E-state index in [4.69, 9.17) is 10.00 Å². The normalized spacial score (nSPS) is 17.0. The molecular weight excluding hydrogens is 350 g/mol. The summed E-state index contributed by atoms with van der Waals surface area (Å²) in [5.74, 6) is 0.133. The molecule has 8 heteroatoms. The molecule has 2 aromatic heterocycles. The zero-order valence-electron chi connectivity index (χ0n) is 13.8. The van der Waals surface area contributed by atoms with E-state index in [1.165, 1.54) is 23.7 Å². The van der Waals surface area contributed by atoms with Crippen molar-refractivity contribution in [3.05, 3.63) is 47.4 Å². The molecule has 0 unspecified atom stereocenters. The van der Waals surface area contributed by atoms with E-state index in [1.807, 2.05) is 30.3 Å². The Morgan fingerprint density at radius 3 is 3.00 bits per heavy atom. The lowest BCUT2D eigenvalue weighted by atomic mass is 10.1. The predicted octanol–water partition coefficient (Wildman–Crippen LogP) is 2.64. The van der Waals surface area contributed by atoms with Crippen LogP contribution in [0.4, 0.5) is 0 Å². The summed E-state index contributed by atoms with van der Waals surface area (Å²) in [5, 5.41) is 9.59. The van der Waals surface area contributed by atoms with Gasteiger partial charge in [-0.3, -0.25) is 4.79 Å². The highest BCUT2D eigenvalue weighted by Crippen LogP contribution is 2.25. The van der Waals surface area contributed by atoms with Gasteiger partial charge in [0.15, 0.2) is 5.01 Å². The molecule has 7 nitrogen and oxygen atoms in total. The lowest BCUT2D eigenvalue weighted by Crippen LogP contribution is -2.44. The molecule has 0 N–H and O–H groups in total. The van der Waals surface area contributed by atoms with Gasteiger partial charge in [0.25, 0.3) is 11.8 Å². The second-order valence-electron chi connectivity index (χ2n) is 5.94. The first-order valence-corrected chi connectivity index (χ1v) is 9.09. The lowest BCUT2D eigenvalue weighted by molar-refractivity contribution is 0.0526. The van der Waals surface area contributed by atoms with Crippen molar-refractivity contribution < 1.29 is 9.53 Å². The fourth-order valence-corrected chi connectivity index (χ4v) is 3.90. The van der Waals surface area contributed by atoms with Crippen LogP contribution in [0.2, 0.25) is 0 Å². The number of nitrogens with zero attached hydrogens (tertiary/aromatic N) is 5. The Labute approximate surface area is 153 Å². The van der Waals surface area contributed by atoms with Gasteiger partial charge in [-0.15, -0.1) is 11.3 Å². The van der Waals surface area contributed by atoms with E-state index in [0.29, 0.717) is 18.1 Å². The van der Waals surface area contributed by atoms with Crippen LogP contribution < -0.4 is 4.74 Å². The lowest BCUT2D eigenvalue weighted by Gasteiger charge is -2.32. The molecule has 1 saturated heterocycles. The minimum Gasteiger partial charge on any atom is -0.470 e. The van der Waals surface area contributed by atoms with Crippen LogP contribution in [0.3, 0.4) is 0 Å². The fraction of sp³-hybridized carbons (Fsp3) is 0.278. The SMILES string of the molecule is N#Cc1nccnc1O[C@H]1CCCN(C(=O)c2nc3ccccc3s2)C1. The summed E-state index contributed by atoms with van der Waals surface area (Å²) < 4.78 is 6.84. The molecule has 0 spiro atoms. The van der Waals surface area contributed by atoms with E-state index < -0.39 is 0 Å². The zero-order chi connectivity index (χ0) is 17.9. The maximum Gasteiger partial charge on any atom is 0.282 e. The average molecular weight is 365 g/mol. The molecule has 4 rings (SSSR count). The van der Waals surface area contributed by atoms with Crippen molar-refractivity contribution >= 4 is 27.5 Å². The number of rotatable bonds is 3. The van der Waals surface area contributed by atoms with Gasteiger partial charge < -0.3 is 9.64 Å². The predicted molar refractivity (Wildman–Crippen MR) is 95.9 cm³/mol. The Morgan fingerprint density at radius 2 is 2.15 bits per heavy atom. The van der Waals surface area contributed by atoms with E-state index in [0.717, 1.165) is 23.1 Å². The molecule has 1 fully saturated rings. The first kappa shape index (κ1) is 16.4. The number of likely N-dealkylation sites (tertiary alicyclic amines) is 1. The Kier molecular flexibility index (Phi) is 4.46. The highest BCUT2D eigenvalue weighted by atomic mass is 32.1. The maximum absolute atomic E-state index is 12.8. The number of benzene rings is 1. The number of carbonyl (C=O) groups excluding carboxylic acids is 1. The van der Waals surface area contributed by atoms with Gasteiger partial charge in [0.2, 0.25) is 5.69 Å². The molecule has 1 atom stereocenters. The minimum absolute atomic E-state index is 0.0841. The molecule has 0 aliphatic carbocycles. The largest absolute Gasteiger partial charge is 0.470 e. The van der Waals surface area contributed by atoms with Crippen LogP contribution in [-0.4, -0.2) is 45.0 Å². The van der Waals surface area contributed by atoms with Crippen molar-refractivity contribution in [2.45, 2.75) is 18.9 Å². The first-order chi connectivity index (χ1) is 12.7. The number of hydrogen-bond acceptors (Lipinski definition) is 7. The number of fused-ring (bicyclic) bond motifs is 1. The van der Waals surface area contributed by atoms with E-state index in [2.05, 4.69) is 15.0 Å². The third kappa shape index (κ3) is 3.21. The van der Waals surface area contributed by atoms with Gasteiger partial charge in [-0.25, -0.2) is 15.0 Å². The standard InChI is InChI=1S/C18H15N5O2S/c19-10-14-16(21-8-7-20-14)25-12-4-3-9-23(11-12)18(24)17-22-13-5-1-2-6-15(13)26-17/h1-2,5-8,12H,3-4,9,11H2/t12-/m0/s1. The summed E-state index contributed by atoms with van der Waals surface area (Å²) in [6.07, 6.45) is 4.35. The third-order valence-electron chi connectivity index (χ3n) is 4.19. The van der Waals surface area contributed by atoms with Gasteiger partial charge in [-0.1, -0.05) is 12.1 Å². The van der Waals surface area contributed by atoms with Crippen LogP contribution >= 0.6 is 11.3 Å². The number of thiazole rings is 1. The molecule has 3 heterocycles. The smallest absolute Gasteiger partial charge is 0.282 e. The maximum atomic E-state index is 12.8. The molecule has 1 aliphatic heterocycles. The van der Waals surface area contributed by atoms with Gasteiger partial charge in [0.1, 0.15) is 12.2 Å². The summed E-state index contributed by atoms with van der Waals surface area (Å²) >= 11 is 1.40. The molecule has 1 aromatic carbocycles. The molecule has 0 saturated carbocycles. The zero-order valence-corrected chi connectivity index (χ0v) is 14.6. The van der Waals surface area contributed by atoms with Crippen molar-refractivity contribution in [1.82, 2.24) is 19.9 Å². The fourth-order valence-electron chi connectivity index (χ4n) is 2.96. The number of nitriles is 1. The van der Waals surface area contributed by atoms with Crippen LogP contribution in [0.1, 0.15) is 28.3 Å². The monoisotopic (exact) mass is 365 g/mol.